The molecule has 3 heterocycles. The van der Waals surface area contributed by atoms with Gasteiger partial charge in [0.15, 0.2) is 11.2 Å². The van der Waals surface area contributed by atoms with Crippen molar-refractivity contribution in [1.29, 1.82) is 0 Å². The number of carbonyl (C=O) groups is 3. The van der Waals surface area contributed by atoms with Gasteiger partial charge in [-0.25, -0.2) is 14.6 Å². The molecule has 1 aliphatic heterocycles. The molecule has 12 heteroatoms. The third kappa shape index (κ3) is 2.69. The number of amides is 4. The molecule has 0 unspecified atom stereocenters. The molecule has 1 atom stereocenters. The van der Waals surface area contributed by atoms with Gasteiger partial charge < -0.3 is 9.88 Å². The van der Waals surface area contributed by atoms with Crippen molar-refractivity contribution in [3.05, 3.63) is 27.2 Å². The van der Waals surface area contributed by atoms with Gasteiger partial charge >= 0.3 is 11.7 Å². The van der Waals surface area contributed by atoms with Crippen LogP contribution in [0.4, 0.5) is 4.79 Å². The summed E-state index contributed by atoms with van der Waals surface area (Å²) in [7, 11) is 2.78. The number of hydrazine groups is 1. The van der Waals surface area contributed by atoms with E-state index in [1.807, 2.05) is 0 Å². The monoisotopic (exact) mass is 377 g/mol. The van der Waals surface area contributed by atoms with Crippen LogP contribution in [-0.2, 0) is 30.2 Å². The number of nitrogens with one attached hydrogen (secondary N) is 2. The molecule has 2 N–H and O–H groups in total. The first-order valence-electron chi connectivity index (χ1n) is 8.17. The molecule has 0 bridgehead atoms. The number of aryl methyl sites for hydroxylation is 1. The van der Waals surface area contributed by atoms with Crippen LogP contribution in [0.5, 0.6) is 0 Å². The lowest BCUT2D eigenvalue weighted by Crippen LogP contribution is -2.49. The van der Waals surface area contributed by atoms with E-state index < -0.39 is 34.6 Å². The van der Waals surface area contributed by atoms with Gasteiger partial charge in [-0.05, 0) is 13.3 Å². The standard InChI is InChI=1S/C15H19N7O5/c1-5-15(2)12(25)22(13(26)17-15)18-8(23)6-21-7-16-10-9(21)11(24)20(4)14(27)19(10)3/h7H,5-6H2,1-4H3,(H,17,26)(H,18,23)/t15-/m1/s1. The summed E-state index contributed by atoms with van der Waals surface area (Å²) in [6, 6.07) is -0.730. The first-order chi connectivity index (χ1) is 12.6. The Morgan fingerprint density at radius 1 is 1.22 bits per heavy atom. The number of imidazole rings is 1. The van der Waals surface area contributed by atoms with Gasteiger partial charge in [0, 0.05) is 14.1 Å². The first kappa shape index (κ1) is 18.4. The van der Waals surface area contributed by atoms with E-state index in [2.05, 4.69) is 15.7 Å². The number of urea groups is 1. The summed E-state index contributed by atoms with van der Waals surface area (Å²) in [5.41, 5.74) is 0.198. The molecule has 4 amide bonds. The van der Waals surface area contributed by atoms with Crippen molar-refractivity contribution in [2.24, 2.45) is 14.1 Å². The van der Waals surface area contributed by atoms with Crippen molar-refractivity contribution in [1.82, 2.24) is 34.4 Å². The fourth-order valence-corrected chi connectivity index (χ4v) is 2.86. The summed E-state index contributed by atoms with van der Waals surface area (Å²) in [6.07, 6.45) is 1.60. The van der Waals surface area contributed by atoms with Gasteiger partial charge in [-0.15, -0.1) is 0 Å². The van der Waals surface area contributed by atoms with E-state index in [9.17, 15) is 24.0 Å². The Kier molecular flexibility index (Phi) is 4.13. The average Bonchev–Trinajstić information content (AvgIpc) is 3.13. The summed E-state index contributed by atoms with van der Waals surface area (Å²) in [5, 5.41) is 3.14. The van der Waals surface area contributed by atoms with Gasteiger partial charge in [0.1, 0.15) is 12.1 Å². The Hall–Kier alpha value is -3.44. The lowest BCUT2D eigenvalue weighted by atomic mass is 10.00. The van der Waals surface area contributed by atoms with Gasteiger partial charge in [0.25, 0.3) is 17.4 Å². The molecule has 2 aromatic rings. The summed E-state index contributed by atoms with van der Waals surface area (Å²) >= 11 is 0. The zero-order valence-electron chi connectivity index (χ0n) is 15.3. The number of imide groups is 1. The van der Waals surface area contributed by atoms with Gasteiger partial charge in [0.2, 0.25) is 0 Å². The average molecular weight is 377 g/mol. The molecular weight excluding hydrogens is 358 g/mol. The number of aromatic nitrogens is 4. The third-order valence-electron chi connectivity index (χ3n) is 4.74. The molecule has 0 spiro atoms. The van der Waals surface area contributed by atoms with Crippen LogP contribution in [0.2, 0.25) is 0 Å². The molecule has 0 aromatic carbocycles. The number of hydrogen-bond acceptors (Lipinski definition) is 6. The number of carbonyl (C=O) groups excluding carboxylic acids is 3. The largest absolute Gasteiger partial charge is 0.344 e. The van der Waals surface area contributed by atoms with Crippen LogP contribution in [0.15, 0.2) is 15.9 Å². The Balaban J connectivity index is 1.88. The van der Waals surface area contributed by atoms with Crippen molar-refractivity contribution in [2.45, 2.75) is 32.4 Å². The predicted octanol–water partition coefficient (Wildman–Crippen LogP) is -1.81. The van der Waals surface area contributed by atoms with E-state index in [0.29, 0.717) is 11.4 Å². The minimum absolute atomic E-state index is 0.0605. The fourth-order valence-electron chi connectivity index (χ4n) is 2.86. The van der Waals surface area contributed by atoms with Crippen LogP contribution in [0.25, 0.3) is 11.2 Å². The highest BCUT2D eigenvalue weighted by Gasteiger charge is 2.47. The molecule has 0 radical (unpaired) electrons. The van der Waals surface area contributed by atoms with Gasteiger partial charge in [-0.1, -0.05) is 6.92 Å². The fraction of sp³-hybridized carbons (Fsp3) is 0.467. The SMILES string of the molecule is CC[C@@]1(C)NC(=O)N(NC(=O)Cn2cnc3c2c(=O)n(C)c(=O)n3C)C1=O. The highest BCUT2D eigenvalue weighted by molar-refractivity contribution is 6.07. The number of nitrogens with zero attached hydrogens (tertiary/aromatic N) is 5. The second kappa shape index (κ2) is 6.07. The van der Waals surface area contributed by atoms with E-state index in [-0.39, 0.29) is 17.7 Å². The maximum absolute atomic E-state index is 12.4. The predicted molar refractivity (Wildman–Crippen MR) is 92.4 cm³/mol. The Labute approximate surface area is 152 Å². The molecule has 12 nitrogen and oxygen atoms in total. The molecule has 2 aromatic heterocycles. The third-order valence-corrected chi connectivity index (χ3v) is 4.74. The lowest BCUT2D eigenvalue weighted by molar-refractivity contribution is -0.139. The van der Waals surface area contributed by atoms with Crippen molar-refractivity contribution >= 4 is 29.0 Å². The Morgan fingerprint density at radius 3 is 2.48 bits per heavy atom. The van der Waals surface area contributed by atoms with E-state index >= 15 is 0 Å². The van der Waals surface area contributed by atoms with E-state index in [1.165, 1.54) is 29.6 Å². The Morgan fingerprint density at radius 2 is 1.89 bits per heavy atom. The van der Waals surface area contributed by atoms with Gasteiger partial charge in [0.05, 0.1) is 6.33 Å². The zero-order valence-corrected chi connectivity index (χ0v) is 15.3. The molecule has 1 fully saturated rings. The maximum Gasteiger partial charge on any atom is 0.344 e. The molecule has 1 saturated heterocycles. The minimum atomic E-state index is -1.08. The molecule has 3 rings (SSSR count). The second-order valence-electron chi connectivity index (χ2n) is 6.54. The summed E-state index contributed by atoms with van der Waals surface area (Å²) < 4.78 is 3.35. The first-order valence-corrected chi connectivity index (χ1v) is 8.17. The van der Waals surface area contributed by atoms with Crippen molar-refractivity contribution in [3.8, 4) is 0 Å². The van der Waals surface area contributed by atoms with Crippen LogP contribution in [0.3, 0.4) is 0 Å². The Bertz CT molecular complexity index is 1090. The molecule has 0 aliphatic carbocycles. The molecular formula is C15H19N7O5. The quantitative estimate of drug-likeness (QED) is 0.602. The summed E-state index contributed by atoms with van der Waals surface area (Å²) in [6.45, 7) is 2.93. The van der Waals surface area contributed by atoms with Crippen molar-refractivity contribution in [3.63, 3.8) is 0 Å². The normalized spacial score (nSPS) is 19.6. The highest BCUT2D eigenvalue weighted by Crippen LogP contribution is 2.19. The van der Waals surface area contributed by atoms with Crippen LogP contribution in [-0.4, -0.2) is 47.1 Å². The molecule has 0 saturated carbocycles. The van der Waals surface area contributed by atoms with Crippen LogP contribution in [0, 0.1) is 0 Å². The summed E-state index contributed by atoms with van der Waals surface area (Å²) in [5.74, 6) is -1.27. The van der Waals surface area contributed by atoms with Crippen LogP contribution >= 0.6 is 0 Å². The van der Waals surface area contributed by atoms with Crippen LogP contribution < -0.4 is 22.0 Å². The van der Waals surface area contributed by atoms with E-state index in [0.717, 1.165) is 4.57 Å². The summed E-state index contributed by atoms with van der Waals surface area (Å²) in [4.78, 5) is 64.9. The van der Waals surface area contributed by atoms with Gasteiger partial charge in [-0.3, -0.25) is 28.9 Å². The highest BCUT2D eigenvalue weighted by atomic mass is 16.2. The molecule has 27 heavy (non-hydrogen) atoms. The number of rotatable bonds is 4. The maximum atomic E-state index is 12.4. The minimum Gasteiger partial charge on any atom is -0.322 e. The smallest absolute Gasteiger partial charge is 0.322 e. The molecule has 144 valence electrons. The number of hydrogen-bond donors (Lipinski definition) is 2. The van der Waals surface area contributed by atoms with Crippen molar-refractivity contribution in [2.75, 3.05) is 0 Å². The topological polar surface area (TPSA) is 140 Å². The van der Waals surface area contributed by atoms with E-state index in [4.69, 9.17) is 0 Å². The number of fused-ring (bicyclic) bond motifs is 1. The second-order valence-corrected chi connectivity index (χ2v) is 6.54. The van der Waals surface area contributed by atoms with Gasteiger partial charge in [-0.2, -0.15) is 5.01 Å². The molecule has 1 aliphatic rings. The lowest BCUT2D eigenvalue weighted by Gasteiger charge is -2.19. The zero-order chi connectivity index (χ0) is 20.1. The van der Waals surface area contributed by atoms with Crippen molar-refractivity contribution < 1.29 is 14.4 Å². The van der Waals surface area contributed by atoms with Crippen LogP contribution in [0.1, 0.15) is 20.3 Å². The van der Waals surface area contributed by atoms with E-state index in [1.54, 1.807) is 13.8 Å².